The molecule has 2 aliphatic carbocycles. The zero-order valence-corrected chi connectivity index (χ0v) is 9.27. The van der Waals surface area contributed by atoms with E-state index in [1.165, 1.54) is 32.1 Å². The van der Waals surface area contributed by atoms with Gasteiger partial charge < -0.3 is 0 Å². The third-order valence-electron chi connectivity index (χ3n) is 2.50. The summed E-state index contributed by atoms with van der Waals surface area (Å²) in [6.45, 7) is 6.60. The molecule has 1 saturated carbocycles. The fourth-order valence-electron chi connectivity index (χ4n) is 2.03. The third kappa shape index (κ3) is 3.69. The van der Waals surface area contributed by atoms with Crippen molar-refractivity contribution in [3.05, 3.63) is 23.3 Å². The van der Waals surface area contributed by atoms with Crippen LogP contribution in [0.2, 0.25) is 0 Å². The molecule has 0 N–H and O–H groups in total. The van der Waals surface area contributed by atoms with Crippen LogP contribution in [0.15, 0.2) is 23.3 Å². The molecular formula is C14H26. The highest BCUT2D eigenvalue weighted by atomic mass is 14.3. The molecule has 0 radical (unpaired) electrons. The van der Waals surface area contributed by atoms with Crippen LogP contribution < -0.4 is 0 Å². The number of allylic oxidation sites excluding steroid dienone is 4. The molecule has 0 heteroatoms. The molecule has 0 unspecified atom stereocenters. The van der Waals surface area contributed by atoms with E-state index >= 15 is 0 Å². The maximum atomic E-state index is 2.43. The Kier molecular flexibility index (Phi) is 6.61. The summed E-state index contributed by atoms with van der Waals surface area (Å²) in [5.41, 5.74) is 3.30. The highest BCUT2D eigenvalue weighted by Crippen LogP contribution is 2.37. The lowest BCUT2D eigenvalue weighted by atomic mass is 10.0. The Bertz CT molecular complexity index is 186. The smallest absolute Gasteiger partial charge is 0.0250 e. The van der Waals surface area contributed by atoms with Gasteiger partial charge in [-0.25, -0.2) is 0 Å². The van der Waals surface area contributed by atoms with Crippen LogP contribution in [-0.4, -0.2) is 0 Å². The van der Waals surface area contributed by atoms with E-state index in [2.05, 4.69) is 32.9 Å². The largest absolute Gasteiger partial charge is 0.0807 e. The van der Waals surface area contributed by atoms with E-state index in [-0.39, 0.29) is 7.43 Å². The van der Waals surface area contributed by atoms with E-state index in [0.717, 1.165) is 5.92 Å². The van der Waals surface area contributed by atoms with Gasteiger partial charge in [0.05, 0.1) is 0 Å². The molecule has 0 nitrogen and oxygen atoms in total. The highest BCUT2D eigenvalue weighted by Gasteiger charge is 2.20. The van der Waals surface area contributed by atoms with Gasteiger partial charge in [-0.2, -0.15) is 0 Å². The van der Waals surface area contributed by atoms with Gasteiger partial charge in [0.15, 0.2) is 0 Å². The predicted molar refractivity (Wildman–Crippen MR) is 66.5 cm³/mol. The monoisotopic (exact) mass is 194 g/mol. The van der Waals surface area contributed by atoms with Crippen molar-refractivity contribution in [2.75, 3.05) is 0 Å². The van der Waals surface area contributed by atoms with Gasteiger partial charge >= 0.3 is 0 Å². The van der Waals surface area contributed by atoms with Gasteiger partial charge in [-0.15, -0.1) is 0 Å². The molecule has 0 amide bonds. The summed E-state index contributed by atoms with van der Waals surface area (Å²) in [4.78, 5) is 0. The van der Waals surface area contributed by atoms with E-state index in [1.54, 1.807) is 11.1 Å². The van der Waals surface area contributed by atoms with Crippen molar-refractivity contribution < 1.29 is 0 Å². The Morgan fingerprint density at radius 2 is 1.43 bits per heavy atom. The van der Waals surface area contributed by atoms with Gasteiger partial charge in [0, 0.05) is 0 Å². The lowest BCUT2D eigenvalue weighted by Crippen LogP contribution is -1.85. The van der Waals surface area contributed by atoms with Crippen molar-refractivity contribution >= 4 is 0 Å². The van der Waals surface area contributed by atoms with Gasteiger partial charge in [-0.3, -0.25) is 0 Å². The molecule has 0 saturated heterocycles. The molecule has 0 aromatic rings. The summed E-state index contributed by atoms with van der Waals surface area (Å²) < 4.78 is 0. The highest BCUT2D eigenvalue weighted by molar-refractivity contribution is 5.37. The third-order valence-corrected chi connectivity index (χ3v) is 2.50. The van der Waals surface area contributed by atoms with E-state index in [0.29, 0.717) is 0 Å². The summed E-state index contributed by atoms with van der Waals surface area (Å²) in [7, 11) is 0. The second-order valence-corrected chi connectivity index (χ2v) is 4.26. The molecule has 0 aromatic carbocycles. The van der Waals surface area contributed by atoms with E-state index in [1.807, 2.05) is 0 Å². The second-order valence-electron chi connectivity index (χ2n) is 4.26. The van der Waals surface area contributed by atoms with Crippen LogP contribution in [0.25, 0.3) is 0 Å². The standard InChI is InChI=1S/C10H14.C3H8.CH4/c1-8-6-9-4-2-3-5-10(9)7-8;1-3-2;/h4-5,8H,2-3,6-7H2,1H3;3H2,1-2H3;1H4. The molecule has 2 rings (SSSR count). The SMILES string of the molecule is C.CC1CC2=CCCC=C2C1.CCC. The molecule has 0 atom stereocenters. The summed E-state index contributed by atoms with van der Waals surface area (Å²) in [6.07, 6.45) is 11.4. The molecule has 0 aromatic heterocycles. The first-order chi connectivity index (χ1) is 6.27. The van der Waals surface area contributed by atoms with Crippen LogP contribution in [-0.2, 0) is 0 Å². The van der Waals surface area contributed by atoms with E-state index < -0.39 is 0 Å². The van der Waals surface area contributed by atoms with Crippen molar-refractivity contribution in [3.63, 3.8) is 0 Å². The van der Waals surface area contributed by atoms with Crippen molar-refractivity contribution in [1.82, 2.24) is 0 Å². The molecule has 0 heterocycles. The van der Waals surface area contributed by atoms with Crippen LogP contribution in [0.5, 0.6) is 0 Å². The van der Waals surface area contributed by atoms with Gasteiger partial charge in [-0.1, -0.05) is 46.8 Å². The minimum absolute atomic E-state index is 0. The summed E-state index contributed by atoms with van der Waals surface area (Å²) in [6, 6.07) is 0. The van der Waals surface area contributed by atoms with Crippen molar-refractivity contribution in [2.45, 2.75) is 60.3 Å². The quantitative estimate of drug-likeness (QED) is 0.502. The first-order valence-electron chi connectivity index (χ1n) is 5.66. The van der Waals surface area contributed by atoms with Crippen molar-refractivity contribution in [1.29, 1.82) is 0 Å². The zero-order chi connectivity index (χ0) is 9.68. The van der Waals surface area contributed by atoms with Gasteiger partial charge in [0.1, 0.15) is 0 Å². The van der Waals surface area contributed by atoms with Gasteiger partial charge in [-0.05, 0) is 42.7 Å². The first-order valence-corrected chi connectivity index (χ1v) is 5.66. The molecule has 0 spiro atoms. The minimum atomic E-state index is 0. The lowest BCUT2D eigenvalue weighted by Gasteiger charge is -2.05. The van der Waals surface area contributed by atoms with Crippen molar-refractivity contribution in [3.8, 4) is 0 Å². The molecule has 0 aliphatic heterocycles. The summed E-state index contributed by atoms with van der Waals surface area (Å²) >= 11 is 0. The van der Waals surface area contributed by atoms with Crippen LogP contribution in [0.1, 0.15) is 60.3 Å². The maximum Gasteiger partial charge on any atom is -0.0250 e. The first kappa shape index (κ1) is 13.5. The predicted octanol–water partition coefficient (Wildman–Crippen LogP) is 5.12. The minimum Gasteiger partial charge on any atom is -0.0807 e. The number of rotatable bonds is 0. The summed E-state index contributed by atoms with van der Waals surface area (Å²) in [5, 5.41) is 0. The molecular weight excluding hydrogens is 168 g/mol. The topological polar surface area (TPSA) is 0 Å². The number of fused-ring (bicyclic) bond motifs is 1. The fraction of sp³-hybridized carbons (Fsp3) is 0.714. The Balaban J connectivity index is 0.000000381. The fourth-order valence-corrected chi connectivity index (χ4v) is 2.03. The Morgan fingerprint density at radius 3 is 1.79 bits per heavy atom. The molecule has 0 bridgehead atoms. The van der Waals surface area contributed by atoms with E-state index in [4.69, 9.17) is 0 Å². The lowest BCUT2D eigenvalue weighted by molar-refractivity contribution is 0.641. The second kappa shape index (κ2) is 6.86. The summed E-state index contributed by atoms with van der Waals surface area (Å²) in [5.74, 6) is 0.913. The molecule has 14 heavy (non-hydrogen) atoms. The number of hydrogen-bond acceptors (Lipinski definition) is 0. The molecule has 2 aliphatic rings. The normalized spacial score (nSPS) is 19.6. The number of hydrogen-bond donors (Lipinski definition) is 0. The Labute approximate surface area is 90.1 Å². The van der Waals surface area contributed by atoms with E-state index in [9.17, 15) is 0 Å². The van der Waals surface area contributed by atoms with Crippen LogP contribution in [0, 0.1) is 5.92 Å². The van der Waals surface area contributed by atoms with Gasteiger partial charge in [0.25, 0.3) is 0 Å². The average molecular weight is 194 g/mol. The Morgan fingerprint density at radius 1 is 1.07 bits per heavy atom. The zero-order valence-electron chi connectivity index (χ0n) is 9.27. The van der Waals surface area contributed by atoms with Crippen LogP contribution in [0.3, 0.4) is 0 Å². The Hall–Kier alpha value is -0.520. The average Bonchev–Trinajstić information content (AvgIpc) is 2.45. The molecule has 82 valence electrons. The van der Waals surface area contributed by atoms with Crippen LogP contribution >= 0.6 is 0 Å². The van der Waals surface area contributed by atoms with Crippen molar-refractivity contribution in [2.24, 2.45) is 5.92 Å². The van der Waals surface area contributed by atoms with Crippen LogP contribution in [0.4, 0.5) is 0 Å². The molecule has 1 fully saturated rings. The van der Waals surface area contributed by atoms with Gasteiger partial charge in [0.2, 0.25) is 0 Å². The maximum absolute atomic E-state index is 2.43.